The standard InChI is InChI=1S/C8H9NO2.C7H10O3/c10-8(11)6-9-7-4-2-1-3-5-7;1-5(7(8)9)2-3-6-4-10-6/h1-5,9H,6H2,(H,10,11);2,6H,3-4H2,1H3,(H,8,9)/b;5-2+. The number of hydrogen-bond acceptors (Lipinski definition) is 4. The van der Waals surface area contributed by atoms with Crippen LogP contribution in [-0.2, 0) is 14.3 Å². The summed E-state index contributed by atoms with van der Waals surface area (Å²) < 4.78 is 4.90. The highest BCUT2D eigenvalue weighted by molar-refractivity contribution is 5.85. The van der Waals surface area contributed by atoms with E-state index in [1.807, 2.05) is 30.3 Å². The van der Waals surface area contributed by atoms with Gasteiger partial charge in [-0.1, -0.05) is 24.3 Å². The SMILES string of the molecule is C/C(=C\CC1CO1)C(=O)O.O=C(O)CNc1ccccc1. The van der Waals surface area contributed by atoms with E-state index in [9.17, 15) is 9.59 Å². The second kappa shape index (κ2) is 8.76. The Hall–Kier alpha value is -2.34. The molecule has 1 aromatic rings. The third kappa shape index (κ3) is 8.43. The quantitative estimate of drug-likeness (QED) is 0.548. The fourth-order valence-corrected chi connectivity index (χ4v) is 1.33. The second-order valence-corrected chi connectivity index (χ2v) is 4.50. The van der Waals surface area contributed by atoms with Crippen LogP contribution in [0.15, 0.2) is 42.0 Å². The topological polar surface area (TPSA) is 99.2 Å². The van der Waals surface area contributed by atoms with Crippen molar-refractivity contribution in [1.29, 1.82) is 0 Å². The van der Waals surface area contributed by atoms with Gasteiger partial charge in [-0.3, -0.25) is 4.79 Å². The Bertz CT molecular complexity index is 494. The molecule has 0 amide bonds. The van der Waals surface area contributed by atoms with E-state index in [2.05, 4.69) is 5.32 Å². The summed E-state index contributed by atoms with van der Waals surface area (Å²) in [6, 6.07) is 9.23. The zero-order chi connectivity index (χ0) is 15.7. The van der Waals surface area contributed by atoms with Crippen LogP contribution >= 0.6 is 0 Å². The van der Waals surface area contributed by atoms with E-state index < -0.39 is 11.9 Å². The van der Waals surface area contributed by atoms with E-state index >= 15 is 0 Å². The lowest BCUT2D eigenvalue weighted by Crippen LogP contribution is -2.11. The largest absolute Gasteiger partial charge is 0.480 e. The Balaban J connectivity index is 0.000000211. The normalized spacial score (nSPS) is 16.4. The van der Waals surface area contributed by atoms with Gasteiger partial charge in [0.2, 0.25) is 0 Å². The van der Waals surface area contributed by atoms with Crippen LogP contribution in [0, 0.1) is 0 Å². The molecule has 0 bridgehead atoms. The first-order valence-electron chi connectivity index (χ1n) is 6.51. The fraction of sp³-hybridized carbons (Fsp3) is 0.333. The smallest absolute Gasteiger partial charge is 0.330 e. The molecule has 1 saturated heterocycles. The number of hydrogen-bond donors (Lipinski definition) is 3. The van der Waals surface area contributed by atoms with E-state index in [0.717, 1.165) is 18.7 Å². The lowest BCUT2D eigenvalue weighted by Gasteiger charge is -2.00. The van der Waals surface area contributed by atoms with Crippen LogP contribution in [0.2, 0.25) is 0 Å². The summed E-state index contributed by atoms with van der Waals surface area (Å²) in [6.45, 7) is 2.33. The summed E-state index contributed by atoms with van der Waals surface area (Å²) in [5, 5.41) is 19.5. The van der Waals surface area contributed by atoms with Crippen LogP contribution in [0.4, 0.5) is 5.69 Å². The van der Waals surface area contributed by atoms with Crippen molar-refractivity contribution in [1.82, 2.24) is 0 Å². The number of aliphatic carboxylic acids is 2. The zero-order valence-corrected chi connectivity index (χ0v) is 11.8. The monoisotopic (exact) mass is 293 g/mol. The number of carboxylic acids is 2. The van der Waals surface area contributed by atoms with Crippen LogP contribution in [0.5, 0.6) is 0 Å². The Kier molecular flexibility index (Phi) is 6.97. The molecule has 21 heavy (non-hydrogen) atoms. The first-order chi connectivity index (χ1) is 9.99. The third-order valence-corrected chi connectivity index (χ3v) is 2.64. The van der Waals surface area contributed by atoms with Gasteiger partial charge < -0.3 is 20.3 Å². The third-order valence-electron chi connectivity index (χ3n) is 2.64. The van der Waals surface area contributed by atoms with Gasteiger partial charge in [0.15, 0.2) is 0 Å². The van der Waals surface area contributed by atoms with Gasteiger partial charge in [0, 0.05) is 11.3 Å². The maximum absolute atomic E-state index is 10.2. The molecule has 6 nitrogen and oxygen atoms in total. The number of anilines is 1. The van der Waals surface area contributed by atoms with Crippen LogP contribution in [0.3, 0.4) is 0 Å². The molecule has 2 rings (SSSR count). The van der Waals surface area contributed by atoms with Gasteiger partial charge in [-0.25, -0.2) is 4.79 Å². The Morgan fingerprint density at radius 3 is 2.43 bits per heavy atom. The molecule has 1 aliphatic heterocycles. The number of carbonyl (C=O) groups is 2. The molecule has 0 saturated carbocycles. The van der Waals surface area contributed by atoms with Crippen LogP contribution < -0.4 is 5.32 Å². The highest BCUT2D eigenvalue weighted by Crippen LogP contribution is 2.14. The average Bonchev–Trinajstić information content (AvgIpc) is 3.28. The molecule has 1 aromatic carbocycles. The molecule has 1 atom stereocenters. The number of nitrogens with one attached hydrogen (secondary N) is 1. The molecular weight excluding hydrogens is 274 g/mol. The molecule has 1 heterocycles. The van der Waals surface area contributed by atoms with E-state index in [4.69, 9.17) is 14.9 Å². The Morgan fingerprint density at radius 1 is 1.33 bits per heavy atom. The van der Waals surface area contributed by atoms with Gasteiger partial charge >= 0.3 is 11.9 Å². The summed E-state index contributed by atoms with van der Waals surface area (Å²) >= 11 is 0. The minimum atomic E-state index is -0.853. The lowest BCUT2D eigenvalue weighted by molar-refractivity contribution is -0.135. The van der Waals surface area contributed by atoms with Crippen molar-refractivity contribution >= 4 is 17.6 Å². The number of benzene rings is 1. The molecular formula is C15H19NO5. The van der Waals surface area contributed by atoms with Crippen molar-refractivity contribution in [3.05, 3.63) is 42.0 Å². The van der Waals surface area contributed by atoms with Gasteiger partial charge in [0.1, 0.15) is 6.54 Å². The minimum Gasteiger partial charge on any atom is -0.480 e. The molecule has 1 aliphatic rings. The molecule has 0 aromatic heterocycles. The second-order valence-electron chi connectivity index (χ2n) is 4.50. The highest BCUT2D eigenvalue weighted by atomic mass is 16.6. The van der Waals surface area contributed by atoms with E-state index in [0.29, 0.717) is 5.57 Å². The maximum atomic E-state index is 10.2. The lowest BCUT2D eigenvalue weighted by atomic mass is 10.2. The predicted molar refractivity (Wildman–Crippen MR) is 78.3 cm³/mol. The molecule has 0 radical (unpaired) electrons. The minimum absolute atomic E-state index is 0.0377. The summed E-state index contributed by atoms with van der Waals surface area (Å²) in [5.74, 6) is -1.70. The average molecular weight is 293 g/mol. The van der Waals surface area contributed by atoms with Gasteiger partial charge in [0.25, 0.3) is 0 Å². The van der Waals surface area contributed by atoms with Crippen LogP contribution in [0.25, 0.3) is 0 Å². The summed E-state index contributed by atoms with van der Waals surface area (Å²) in [5.41, 5.74) is 1.23. The highest BCUT2D eigenvalue weighted by Gasteiger charge is 2.20. The van der Waals surface area contributed by atoms with Crippen molar-refractivity contribution < 1.29 is 24.5 Å². The van der Waals surface area contributed by atoms with Crippen LogP contribution in [-0.4, -0.2) is 41.4 Å². The number of epoxide rings is 1. The van der Waals surface area contributed by atoms with Gasteiger partial charge in [-0.15, -0.1) is 0 Å². The summed E-state index contributed by atoms with van der Waals surface area (Å²) in [6.07, 6.45) is 2.72. The van der Waals surface area contributed by atoms with E-state index in [-0.39, 0.29) is 12.6 Å². The molecule has 3 N–H and O–H groups in total. The van der Waals surface area contributed by atoms with Crippen molar-refractivity contribution in [3.8, 4) is 0 Å². The first kappa shape index (κ1) is 16.7. The summed E-state index contributed by atoms with van der Waals surface area (Å²) in [4.78, 5) is 20.3. The maximum Gasteiger partial charge on any atom is 0.330 e. The fourth-order valence-electron chi connectivity index (χ4n) is 1.33. The number of carboxylic acid groups (broad SMARTS) is 2. The number of ether oxygens (including phenoxy) is 1. The van der Waals surface area contributed by atoms with E-state index in [1.54, 1.807) is 13.0 Å². The number of para-hydroxylation sites is 1. The summed E-state index contributed by atoms with van der Waals surface area (Å²) in [7, 11) is 0. The van der Waals surface area contributed by atoms with Gasteiger partial charge in [-0.05, 0) is 25.5 Å². The Morgan fingerprint density at radius 2 is 1.95 bits per heavy atom. The molecule has 1 unspecified atom stereocenters. The van der Waals surface area contributed by atoms with Gasteiger partial charge in [-0.2, -0.15) is 0 Å². The molecule has 0 aliphatic carbocycles. The zero-order valence-electron chi connectivity index (χ0n) is 11.8. The van der Waals surface area contributed by atoms with Crippen molar-refractivity contribution in [2.75, 3.05) is 18.5 Å². The predicted octanol–water partition coefficient (Wildman–Crippen LogP) is 1.99. The molecule has 0 spiro atoms. The molecule has 1 fully saturated rings. The van der Waals surface area contributed by atoms with Crippen LogP contribution in [0.1, 0.15) is 13.3 Å². The first-order valence-corrected chi connectivity index (χ1v) is 6.51. The Labute approximate surface area is 123 Å². The van der Waals surface area contributed by atoms with Crippen molar-refractivity contribution in [2.45, 2.75) is 19.4 Å². The van der Waals surface area contributed by atoms with Crippen molar-refractivity contribution in [3.63, 3.8) is 0 Å². The van der Waals surface area contributed by atoms with Gasteiger partial charge in [0.05, 0.1) is 12.7 Å². The molecule has 6 heteroatoms. The molecule has 114 valence electrons. The number of rotatable bonds is 6. The van der Waals surface area contributed by atoms with E-state index in [1.165, 1.54) is 0 Å². The van der Waals surface area contributed by atoms with Crippen molar-refractivity contribution in [2.24, 2.45) is 0 Å².